The Morgan fingerprint density at radius 1 is 1.41 bits per heavy atom. The highest BCUT2D eigenvalue weighted by atomic mass is 32.2. The Labute approximate surface area is 108 Å². The number of pyridine rings is 1. The second-order valence-electron chi connectivity index (χ2n) is 4.39. The standard InChI is InChI=1S/C13H21N3S/c1-2-8-14-12-6-3-7-13(16-12)15-11-5-4-9-17-10-11/h3,6-7,11H,2,4-5,8-10H2,1H3,(H2,14,15,16). The molecule has 2 rings (SSSR count). The Hall–Kier alpha value is -0.900. The Morgan fingerprint density at radius 2 is 2.29 bits per heavy atom. The minimum absolute atomic E-state index is 0.586. The van der Waals surface area contributed by atoms with Crippen LogP contribution in [0.5, 0.6) is 0 Å². The number of anilines is 2. The number of nitrogens with zero attached hydrogens (tertiary/aromatic N) is 1. The molecule has 2 N–H and O–H groups in total. The average Bonchev–Trinajstić information content (AvgIpc) is 2.38. The first-order chi connectivity index (χ1) is 8.38. The van der Waals surface area contributed by atoms with Crippen LogP contribution in [0.1, 0.15) is 26.2 Å². The molecule has 1 aromatic heterocycles. The Morgan fingerprint density at radius 3 is 3.06 bits per heavy atom. The van der Waals surface area contributed by atoms with E-state index in [2.05, 4.69) is 34.7 Å². The smallest absolute Gasteiger partial charge is 0.128 e. The summed E-state index contributed by atoms with van der Waals surface area (Å²) in [5, 5.41) is 6.84. The molecule has 4 heteroatoms. The number of thioether (sulfide) groups is 1. The second-order valence-corrected chi connectivity index (χ2v) is 5.54. The van der Waals surface area contributed by atoms with Gasteiger partial charge < -0.3 is 10.6 Å². The minimum atomic E-state index is 0.586. The molecule has 0 saturated carbocycles. The van der Waals surface area contributed by atoms with E-state index in [1.54, 1.807) is 0 Å². The molecule has 1 aromatic rings. The van der Waals surface area contributed by atoms with E-state index in [0.717, 1.165) is 24.6 Å². The zero-order chi connectivity index (χ0) is 11.9. The molecule has 94 valence electrons. The molecule has 0 amide bonds. The molecule has 1 saturated heterocycles. The molecule has 1 aliphatic heterocycles. The second kappa shape index (κ2) is 6.74. The van der Waals surface area contributed by atoms with Gasteiger partial charge in [-0.15, -0.1) is 0 Å². The summed E-state index contributed by atoms with van der Waals surface area (Å²) >= 11 is 2.03. The number of hydrogen-bond acceptors (Lipinski definition) is 4. The van der Waals surface area contributed by atoms with Gasteiger partial charge in [-0.05, 0) is 37.1 Å². The van der Waals surface area contributed by atoms with Crippen LogP contribution in [0.3, 0.4) is 0 Å². The van der Waals surface area contributed by atoms with Crippen molar-refractivity contribution in [2.75, 3.05) is 28.7 Å². The van der Waals surface area contributed by atoms with E-state index < -0.39 is 0 Å². The fourth-order valence-electron chi connectivity index (χ4n) is 1.93. The van der Waals surface area contributed by atoms with E-state index in [0.29, 0.717) is 6.04 Å². The lowest BCUT2D eigenvalue weighted by atomic mass is 10.2. The summed E-state index contributed by atoms with van der Waals surface area (Å²) in [5.74, 6) is 4.48. The number of rotatable bonds is 5. The maximum atomic E-state index is 4.57. The number of nitrogens with one attached hydrogen (secondary N) is 2. The fourth-order valence-corrected chi connectivity index (χ4v) is 3.00. The summed E-state index contributed by atoms with van der Waals surface area (Å²) in [6.45, 7) is 3.14. The highest BCUT2D eigenvalue weighted by molar-refractivity contribution is 7.99. The molecule has 1 unspecified atom stereocenters. The average molecular weight is 251 g/mol. The van der Waals surface area contributed by atoms with Crippen LogP contribution in [0.25, 0.3) is 0 Å². The normalized spacial score (nSPS) is 19.9. The summed E-state index contributed by atoms with van der Waals surface area (Å²) in [5.41, 5.74) is 0. The zero-order valence-corrected chi connectivity index (χ0v) is 11.2. The van der Waals surface area contributed by atoms with Crippen LogP contribution < -0.4 is 10.6 Å². The summed E-state index contributed by atoms with van der Waals surface area (Å²) < 4.78 is 0. The van der Waals surface area contributed by atoms with Crippen molar-refractivity contribution in [3.05, 3.63) is 18.2 Å². The third kappa shape index (κ3) is 4.11. The lowest BCUT2D eigenvalue weighted by molar-refractivity contribution is 0.682. The van der Waals surface area contributed by atoms with Crippen LogP contribution in [-0.4, -0.2) is 29.1 Å². The van der Waals surface area contributed by atoms with Gasteiger partial charge >= 0.3 is 0 Å². The molecule has 0 radical (unpaired) electrons. The molecule has 0 spiro atoms. The molecule has 0 aliphatic carbocycles. The van der Waals surface area contributed by atoms with Crippen molar-refractivity contribution in [3.63, 3.8) is 0 Å². The summed E-state index contributed by atoms with van der Waals surface area (Å²) in [6, 6.07) is 6.72. The first kappa shape index (κ1) is 12.6. The monoisotopic (exact) mass is 251 g/mol. The first-order valence-corrected chi connectivity index (χ1v) is 7.59. The van der Waals surface area contributed by atoms with Crippen LogP contribution in [0.4, 0.5) is 11.6 Å². The lowest BCUT2D eigenvalue weighted by Gasteiger charge is -2.23. The predicted molar refractivity (Wildman–Crippen MR) is 77.0 cm³/mol. The van der Waals surface area contributed by atoms with Crippen LogP contribution in [0.2, 0.25) is 0 Å². The lowest BCUT2D eigenvalue weighted by Crippen LogP contribution is -2.26. The van der Waals surface area contributed by atoms with Gasteiger partial charge in [-0.3, -0.25) is 0 Å². The van der Waals surface area contributed by atoms with Crippen LogP contribution in [-0.2, 0) is 0 Å². The molecule has 0 bridgehead atoms. The van der Waals surface area contributed by atoms with Crippen LogP contribution >= 0.6 is 11.8 Å². The Bertz CT molecular complexity index is 337. The van der Waals surface area contributed by atoms with Crippen LogP contribution in [0, 0.1) is 0 Å². The molecular formula is C13H21N3S. The van der Waals surface area contributed by atoms with Crippen molar-refractivity contribution in [2.45, 2.75) is 32.2 Å². The highest BCUT2D eigenvalue weighted by Gasteiger charge is 2.13. The summed E-state index contributed by atoms with van der Waals surface area (Å²) in [7, 11) is 0. The highest BCUT2D eigenvalue weighted by Crippen LogP contribution is 2.20. The summed E-state index contributed by atoms with van der Waals surface area (Å²) in [4.78, 5) is 4.57. The fraction of sp³-hybridized carbons (Fsp3) is 0.615. The van der Waals surface area contributed by atoms with Gasteiger partial charge in [0.2, 0.25) is 0 Å². The quantitative estimate of drug-likeness (QED) is 0.842. The maximum absolute atomic E-state index is 4.57. The van der Waals surface area contributed by atoms with Gasteiger partial charge in [0.25, 0.3) is 0 Å². The SMILES string of the molecule is CCCNc1cccc(NC2CCCSC2)n1. The third-order valence-corrected chi connectivity index (χ3v) is 4.03. The Kier molecular flexibility index (Phi) is 4.98. The topological polar surface area (TPSA) is 37.0 Å². The zero-order valence-electron chi connectivity index (χ0n) is 10.4. The van der Waals surface area contributed by atoms with Crippen molar-refractivity contribution in [3.8, 4) is 0 Å². The molecule has 1 atom stereocenters. The maximum Gasteiger partial charge on any atom is 0.128 e. The first-order valence-electron chi connectivity index (χ1n) is 6.43. The van der Waals surface area contributed by atoms with E-state index in [1.807, 2.05) is 17.8 Å². The Balaban J connectivity index is 1.90. The van der Waals surface area contributed by atoms with Gasteiger partial charge in [0.1, 0.15) is 11.6 Å². The van der Waals surface area contributed by atoms with E-state index in [1.165, 1.54) is 24.3 Å². The van der Waals surface area contributed by atoms with Crippen molar-refractivity contribution in [2.24, 2.45) is 0 Å². The minimum Gasteiger partial charge on any atom is -0.370 e. The van der Waals surface area contributed by atoms with Crippen LogP contribution in [0.15, 0.2) is 18.2 Å². The van der Waals surface area contributed by atoms with Crippen molar-refractivity contribution in [1.82, 2.24) is 4.98 Å². The van der Waals surface area contributed by atoms with E-state index >= 15 is 0 Å². The van der Waals surface area contributed by atoms with Crippen molar-refractivity contribution in [1.29, 1.82) is 0 Å². The number of aromatic nitrogens is 1. The van der Waals surface area contributed by atoms with Crippen molar-refractivity contribution < 1.29 is 0 Å². The predicted octanol–water partition coefficient (Wildman–Crippen LogP) is 3.21. The van der Waals surface area contributed by atoms with E-state index in [-0.39, 0.29) is 0 Å². The molecule has 1 aliphatic rings. The molecule has 1 fully saturated rings. The number of hydrogen-bond donors (Lipinski definition) is 2. The molecule has 3 nitrogen and oxygen atoms in total. The van der Waals surface area contributed by atoms with Gasteiger partial charge in [0.05, 0.1) is 0 Å². The van der Waals surface area contributed by atoms with Crippen molar-refractivity contribution >= 4 is 23.4 Å². The van der Waals surface area contributed by atoms with Gasteiger partial charge in [-0.2, -0.15) is 11.8 Å². The molecule has 2 heterocycles. The van der Waals surface area contributed by atoms with Gasteiger partial charge in [0.15, 0.2) is 0 Å². The molecule has 0 aromatic carbocycles. The van der Waals surface area contributed by atoms with E-state index in [4.69, 9.17) is 0 Å². The largest absolute Gasteiger partial charge is 0.370 e. The van der Waals surface area contributed by atoms with Gasteiger partial charge in [-0.25, -0.2) is 4.98 Å². The summed E-state index contributed by atoms with van der Waals surface area (Å²) in [6.07, 6.45) is 3.70. The van der Waals surface area contributed by atoms with Gasteiger partial charge in [-0.1, -0.05) is 13.0 Å². The molecule has 17 heavy (non-hydrogen) atoms. The third-order valence-electron chi connectivity index (χ3n) is 2.82. The van der Waals surface area contributed by atoms with E-state index in [9.17, 15) is 0 Å². The van der Waals surface area contributed by atoms with Gasteiger partial charge in [0, 0.05) is 18.3 Å². The molecular weight excluding hydrogens is 230 g/mol.